The van der Waals surface area contributed by atoms with E-state index in [0.717, 1.165) is 6.08 Å². The Balaban J connectivity index is 0. The predicted molar refractivity (Wildman–Crippen MR) is 39.5 cm³/mol. The van der Waals surface area contributed by atoms with Gasteiger partial charge in [0.25, 0.3) is 0 Å². The van der Waals surface area contributed by atoms with Crippen LogP contribution in [0.2, 0.25) is 0 Å². The van der Waals surface area contributed by atoms with Crippen molar-refractivity contribution in [3.63, 3.8) is 0 Å². The van der Waals surface area contributed by atoms with E-state index in [4.69, 9.17) is 26.7 Å². The third-order valence-electron chi connectivity index (χ3n) is 0.681. The highest BCUT2D eigenvalue weighted by molar-refractivity contribution is 7.59. The average Bonchev–Trinajstić information content (AvgIpc) is 1.90. The average molecular weight is 186 g/mol. The maximum Gasteiger partial charge on any atom is 0.231 e. The van der Waals surface area contributed by atoms with Crippen molar-refractivity contribution in [1.82, 2.24) is 0 Å². The minimum Gasteiger partial charge on any atom is -0.343 e. The van der Waals surface area contributed by atoms with Crippen LogP contribution in [0.5, 0.6) is 0 Å². The molecule has 0 aromatic carbocycles. The molecule has 0 rings (SSSR count). The Morgan fingerprint density at radius 1 is 1.80 bits per heavy atom. The summed E-state index contributed by atoms with van der Waals surface area (Å²) in [6, 6.07) is 0. The molecule has 60 valence electrons. The molecule has 6 heteroatoms. The molecule has 0 aliphatic carbocycles. The highest BCUT2D eigenvalue weighted by Crippen LogP contribution is 2.40. The summed E-state index contributed by atoms with van der Waals surface area (Å²) in [6.07, 6.45) is 1.02. The van der Waals surface area contributed by atoms with Gasteiger partial charge in [-0.3, -0.25) is 4.57 Å². The summed E-state index contributed by atoms with van der Waals surface area (Å²) in [4.78, 5) is 16.9. The molecule has 0 bridgehead atoms. The van der Waals surface area contributed by atoms with Crippen molar-refractivity contribution >= 4 is 25.0 Å². The lowest BCUT2D eigenvalue weighted by Crippen LogP contribution is -1.82. The molecule has 0 amide bonds. The molecule has 0 aliphatic rings. The Kier molecular flexibility index (Phi) is 8.74. The summed E-state index contributed by atoms with van der Waals surface area (Å²) in [5, 5.41) is 5.40. The van der Waals surface area contributed by atoms with Gasteiger partial charge in [0.05, 0.1) is 5.62 Å². The zero-order chi connectivity index (χ0) is 8.62. The first-order chi connectivity index (χ1) is 4.54. The summed E-state index contributed by atoms with van der Waals surface area (Å²) >= 11 is 5.08. The molecule has 0 radical (unpaired) electrons. The van der Waals surface area contributed by atoms with Crippen LogP contribution < -0.4 is 0 Å². The fourth-order valence-corrected chi connectivity index (χ4v) is 0.761. The first-order valence-electron chi connectivity index (χ1n) is 2.44. The van der Waals surface area contributed by atoms with E-state index in [1.165, 1.54) is 0 Å². The van der Waals surface area contributed by atoms with Crippen molar-refractivity contribution in [1.29, 1.82) is 5.41 Å². The molecule has 4 nitrogen and oxygen atoms in total. The van der Waals surface area contributed by atoms with Crippen molar-refractivity contribution in [3.8, 4) is 0 Å². The Bertz CT molecular complexity index is 147. The maximum atomic E-state index is 10.4. The standard InChI is InChI=1S/C3H8ClO2P.CHNO/c1-2-7(5,6)3-4;2-1-3/h2-3H2,1H3,(H,5,6);2H. The largest absolute Gasteiger partial charge is 0.343 e. The lowest BCUT2D eigenvalue weighted by Gasteiger charge is -1.99. The molecular formula is C4H9ClNO3P. The highest BCUT2D eigenvalue weighted by Gasteiger charge is 2.10. The van der Waals surface area contributed by atoms with Gasteiger partial charge in [-0.05, 0) is 0 Å². The molecule has 10 heavy (non-hydrogen) atoms. The van der Waals surface area contributed by atoms with Crippen LogP contribution in [-0.4, -0.2) is 22.8 Å². The molecule has 2 N–H and O–H groups in total. The van der Waals surface area contributed by atoms with Gasteiger partial charge in [-0.25, -0.2) is 10.2 Å². The SMILES string of the molecule is CCP(=O)(O)CCl.N=C=O. The lowest BCUT2D eigenvalue weighted by molar-refractivity contribution is 0.484. The fourth-order valence-electron chi connectivity index (χ4n) is 0.0845. The van der Waals surface area contributed by atoms with E-state index in [9.17, 15) is 4.57 Å². The van der Waals surface area contributed by atoms with Crippen LogP contribution in [0.25, 0.3) is 0 Å². The van der Waals surface area contributed by atoms with Crippen LogP contribution in [0.4, 0.5) is 0 Å². The Morgan fingerprint density at radius 3 is 2.10 bits per heavy atom. The third kappa shape index (κ3) is 10.8. The van der Waals surface area contributed by atoms with Crippen LogP contribution in [0, 0.1) is 5.41 Å². The van der Waals surface area contributed by atoms with E-state index in [-0.39, 0.29) is 11.8 Å². The molecule has 0 aromatic rings. The molecule has 0 saturated heterocycles. The van der Waals surface area contributed by atoms with E-state index in [2.05, 4.69) is 0 Å². The first-order valence-corrected chi connectivity index (χ1v) is 5.01. The molecule has 0 spiro atoms. The first kappa shape index (κ1) is 12.5. The molecule has 0 aliphatic heterocycles. The molecular weight excluding hydrogens is 176 g/mol. The number of halogens is 1. The third-order valence-corrected chi connectivity index (χ3v) is 3.16. The monoisotopic (exact) mass is 185 g/mol. The molecule has 1 unspecified atom stereocenters. The zero-order valence-corrected chi connectivity index (χ0v) is 7.15. The minimum absolute atomic E-state index is 0.122. The number of rotatable bonds is 2. The lowest BCUT2D eigenvalue weighted by atomic mass is 11.0. The van der Waals surface area contributed by atoms with Crippen LogP contribution in [-0.2, 0) is 9.36 Å². The summed E-state index contributed by atoms with van der Waals surface area (Å²) in [6.45, 7) is 1.64. The quantitative estimate of drug-likeness (QED) is 0.295. The van der Waals surface area contributed by atoms with Gasteiger partial charge in [-0.1, -0.05) is 6.92 Å². The second kappa shape index (κ2) is 6.97. The number of carbonyl (C=O) groups excluding carboxylic acids is 1. The van der Waals surface area contributed by atoms with Crippen LogP contribution in [0.15, 0.2) is 0 Å². The van der Waals surface area contributed by atoms with E-state index < -0.39 is 7.37 Å². The molecule has 0 aromatic heterocycles. The number of nitrogens with one attached hydrogen (secondary N) is 1. The van der Waals surface area contributed by atoms with Crippen molar-refractivity contribution in [3.05, 3.63) is 0 Å². The van der Waals surface area contributed by atoms with Gasteiger partial charge >= 0.3 is 0 Å². The Morgan fingerprint density at radius 2 is 2.10 bits per heavy atom. The van der Waals surface area contributed by atoms with Gasteiger partial charge in [0, 0.05) is 6.16 Å². The Labute approximate surface area is 64.2 Å². The smallest absolute Gasteiger partial charge is 0.231 e. The highest BCUT2D eigenvalue weighted by atomic mass is 35.5. The molecule has 0 saturated carbocycles. The van der Waals surface area contributed by atoms with Gasteiger partial charge in [0.15, 0.2) is 0 Å². The van der Waals surface area contributed by atoms with Crippen molar-refractivity contribution in [2.45, 2.75) is 6.92 Å². The van der Waals surface area contributed by atoms with E-state index in [1.807, 2.05) is 0 Å². The van der Waals surface area contributed by atoms with Crippen LogP contribution >= 0.6 is 19.0 Å². The predicted octanol–water partition coefficient (Wildman–Crippen LogP) is 1.37. The van der Waals surface area contributed by atoms with Gasteiger partial charge in [0.2, 0.25) is 13.4 Å². The molecule has 0 fully saturated rings. The summed E-state index contributed by atoms with van der Waals surface area (Å²) in [5.41, 5.74) is -0.122. The van der Waals surface area contributed by atoms with Gasteiger partial charge in [-0.2, -0.15) is 0 Å². The van der Waals surface area contributed by atoms with E-state index in [1.54, 1.807) is 6.92 Å². The number of hydrogen-bond donors (Lipinski definition) is 2. The van der Waals surface area contributed by atoms with Crippen molar-refractivity contribution in [2.75, 3.05) is 11.8 Å². The number of hydrogen-bond acceptors (Lipinski definition) is 3. The summed E-state index contributed by atoms with van der Waals surface area (Å²) in [7, 11) is -2.89. The summed E-state index contributed by atoms with van der Waals surface area (Å²) < 4.78 is 10.4. The topological polar surface area (TPSA) is 78.2 Å². The molecule has 0 heterocycles. The van der Waals surface area contributed by atoms with E-state index >= 15 is 0 Å². The van der Waals surface area contributed by atoms with Crippen molar-refractivity contribution < 1.29 is 14.3 Å². The minimum atomic E-state index is -2.89. The number of isocyanates is 1. The maximum absolute atomic E-state index is 10.4. The second-order valence-corrected chi connectivity index (χ2v) is 4.67. The zero-order valence-electron chi connectivity index (χ0n) is 5.50. The second-order valence-electron chi connectivity index (χ2n) is 1.38. The summed E-state index contributed by atoms with van der Waals surface area (Å²) in [5.74, 6) is 0. The fraction of sp³-hybridized carbons (Fsp3) is 0.750. The van der Waals surface area contributed by atoms with Gasteiger partial charge in [-0.15, -0.1) is 11.6 Å². The normalized spacial score (nSPS) is 13.9. The number of alkyl halides is 1. The van der Waals surface area contributed by atoms with Gasteiger partial charge < -0.3 is 4.89 Å². The Hall–Kier alpha value is -0.140. The van der Waals surface area contributed by atoms with Crippen LogP contribution in [0.1, 0.15) is 6.92 Å². The molecule has 1 atom stereocenters. The van der Waals surface area contributed by atoms with Crippen LogP contribution in [0.3, 0.4) is 0 Å². The van der Waals surface area contributed by atoms with E-state index in [0.29, 0.717) is 0 Å². The van der Waals surface area contributed by atoms with Crippen molar-refractivity contribution in [2.24, 2.45) is 0 Å². The van der Waals surface area contributed by atoms with Gasteiger partial charge in [0.1, 0.15) is 0 Å².